The van der Waals surface area contributed by atoms with Crippen molar-refractivity contribution < 1.29 is 4.74 Å². The number of aliphatic imine (C=N–C) groups is 1. The lowest BCUT2D eigenvalue weighted by atomic mass is 10.1. The van der Waals surface area contributed by atoms with Gasteiger partial charge in [0.05, 0.1) is 19.3 Å². The zero-order chi connectivity index (χ0) is 19.4. The zero-order valence-electron chi connectivity index (χ0n) is 16.8. The van der Waals surface area contributed by atoms with Crippen molar-refractivity contribution in [1.29, 1.82) is 0 Å². The summed E-state index contributed by atoms with van der Waals surface area (Å²) in [6, 6.07) is 8.19. The number of H-pyrrole nitrogens is 1. The number of aromatic nitrogens is 3. The van der Waals surface area contributed by atoms with Crippen molar-refractivity contribution in [3.05, 3.63) is 36.2 Å². The Morgan fingerprint density at radius 3 is 2.82 bits per heavy atom. The van der Waals surface area contributed by atoms with E-state index in [0.29, 0.717) is 12.6 Å². The largest absolute Gasteiger partial charge is 0.376 e. The van der Waals surface area contributed by atoms with Crippen LogP contribution in [-0.4, -0.2) is 46.9 Å². The Balaban J connectivity index is 1.47. The summed E-state index contributed by atoms with van der Waals surface area (Å²) in [6.45, 7) is 4.98. The number of aromatic amines is 1. The number of nitrogens with one attached hydrogen (secondary N) is 3. The van der Waals surface area contributed by atoms with E-state index >= 15 is 0 Å². The van der Waals surface area contributed by atoms with Gasteiger partial charge >= 0.3 is 0 Å². The van der Waals surface area contributed by atoms with Crippen molar-refractivity contribution in [2.75, 3.05) is 19.7 Å². The van der Waals surface area contributed by atoms with Gasteiger partial charge < -0.3 is 15.4 Å². The summed E-state index contributed by atoms with van der Waals surface area (Å²) < 4.78 is 6.05. The van der Waals surface area contributed by atoms with Gasteiger partial charge in [-0.05, 0) is 31.4 Å². The Labute approximate surface area is 167 Å². The summed E-state index contributed by atoms with van der Waals surface area (Å²) in [4.78, 5) is 8.90. The van der Waals surface area contributed by atoms with E-state index < -0.39 is 0 Å². The monoisotopic (exact) mass is 384 g/mol. The van der Waals surface area contributed by atoms with Crippen LogP contribution in [0.3, 0.4) is 0 Å². The van der Waals surface area contributed by atoms with E-state index in [4.69, 9.17) is 9.73 Å². The quantitative estimate of drug-likeness (QED) is 0.281. The SMILES string of the molecule is CCNC(=NCc1cccc(-c2ncn[nH]2)c1)NCCOC1CCCCCC1. The lowest BCUT2D eigenvalue weighted by Crippen LogP contribution is -2.39. The molecule has 0 saturated heterocycles. The second-order valence-corrected chi connectivity index (χ2v) is 7.14. The van der Waals surface area contributed by atoms with Crippen LogP contribution in [0.1, 0.15) is 51.0 Å². The van der Waals surface area contributed by atoms with Gasteiger partial charge in [-0.25, -0.2) is 9.98 Å². The van der Waals surface area contributed by atoms with E-state index in [1.165, 1.54) is 44.9 Å². The standard InChI is InChI=1S/C21H32N6O/c1-2-22-21(23-12-13-28-19-10-5-3-4-6-11-19)24-15-17-8-7-9-18(14-17)20-25-16-26-27-20/h7-9,14,16,19H,2-6,10-13,15H2,1H3,(H2,22,23,24)(H,25,26,27). The highest BCUT2D eigenvalue weighted by atomic mass is 16.5. The molecule has 28 heavy (non-hydrogen) atoms. The highest BCUT2D eigenvalue weighted by Gasteiger charge is 2.12. The molecular weight excluding hydrogens is 352 g/mol. The molecule has 1 heterocycles. The van der Waals surface area contributed by atoms with Gasteiger partial charge in [-0.15, -0.1) is 0 Å². The molecule has 0 atom stereocenters. The number of ether oxygens (including phenoxy) is 1. The molecule has 3 N–H and O–H groups in total. The number of guanidine groups is 1. The molecule has 1 aliphatic carbocycles. The second-order valence-electron chi connectivity index (χ2n) is 7.14. The van der Waals surface area contributed by atoms with E-state index in [9.17, 15) is 0 Å². The molecule has 3 rings (SSSR count). The van der Waals surface area contributed by atoms with Gasteiger partial charge in [-0.3, -0.25) is 5.10 Å². The maximum atomic E-state index is 6.05. The number of rotatable bonds is 8. The van der Waals surface area contributed by atoms with Gasteiger partial charge in [0.2, 0.25) is 0 Å². The molecular formula is C21H32N6O. The van der Waals surface area contributed by atoms with Crippen LogP contribution in [0.15, 0.2) is 35.6 Å². The minimum absolute atomic E-state index is 0.433. The maximum absolute atomic E-state index is 6.05. The van der Waals surface area contributed by atoms with Crippen molar-refractivity contribution in [3.63, 3.8) is 0 Å². The average Bonchev–Trinajstić information content (AvgIpc) is 3.14. The summed E-state index contributed by atoms with van der Waals surface area (Å²) in [6.07, 6.45) is 9.67. The molecule has 0 radical (unpaired) electrons. The van der Waals surface area contributed by atoms with E-state index in [-0.39, 0.29) is 0 Å². The predicted molar refractivity (Wildman–Crippen MR) is 112 cm³/mol. The smallest absolute Gasteiger partial charge is 0.191 e. The lowest BCUT2D eigenvalue weighted by molar-refractivity contribution is 0.0468. The minimum Gasteiger partial charge on any atom is -0.376 e. The molecule has 2 aromatic rings. The number of nitrogens with zero attached hydrogens (tertiary/aromatic N) is 3. The van der Waals surface area contributed by atoms with Crippen LogP contribution in [0.2, 0.25) is 0 Å². The van der Waals surface area contributed by atoms with Crippen molar-refractivity contribution in [2.45, 2.75) is 58.1 Å². The molecule has 0 bridgehead atoms. The Morgan fingerprint density at radius 1 is 1.21 bits per heavy atom. The topological polar surface area (TPSA) is 87.2 Å². The number of hydrogen-bond acceptors (Lipinski definition) is 4. The fourth-order valence-electron chi connectivity index (χ4n) is 3.48. The van der Waals surface area contributed by atoms with Crippen molar-refractivity contribution >= 4 is 5.96 Å². The minimum atomic E-state index is 0.433. The Morgan fingerprint density at radius 2 is 2.07 bits per heavy atom. The van der Waals surface area contributed by atoms with E-state index in [0.717, 1.165) is 42.6 Å². The van der Waals surface area contributed by atoms with Crippen LogP contribution >= 0.6 is 0 Å². The summed E-state index contributed by atoms with van der Waals surface area (Å²) in [7, 11) is 0. The van der Waals surface area contributed by atoms with Gasteiger partial charge in [-0.1, -0.05) is 43.9 Å². The number of hydrogen-bond donors (Lipinski definition) is 3. The van der Waals surface area contributed by atoms with Crippen LogP contribution in [0, 0.1) is 0 Å². The highest BCUT2D eigenvalue weighted by Crippen LogP contribution is 2.19. The van der Waals surface area contributed by atoms with Crippen LogP contribution in [-0.2, 0) is 11.3 Å². The zero-order valence-corrected chi connectivity index (χ0v) is 16.8. The first-order chi connectivity index (χ1) is 13.8. The molecule has 1 saturated carbocycles. The van der Waals surface area contributed by atoms with E-state index in [1.54, 1.807) is 0 Å². The Kier molecular flexibility index (Phi) is 8.30. The van der Waals surface area contributed by atoms with Crippen molar-refractivity contribution in [2.24, 2.45) is 4.99 Å². The van der Waals surface area contributed by atoms with E-state index in [2.05, 4.69) is 44.9 Å². The molecule has 0 spiro atoms. The summed E-state index contributed by atoms with van der Waals surface area (Å²) >= 11 is 0. The average molecular weight is 385 g/mol. The van der Waals surface area contributed by atoms with Gasteiger partial charge in [0, 0.05) is 18.7 Å². The van der Waals surface area contributed by atoms with Crippen LogP contribution in [0.25, 0.3) is 11.4 Å². The maximum Gasteiger partial charge on any atom is 0.191 e. The first-order valence-corrected chi connectivity index (χ1v) is 10.4. The fourth-order valence-corrected chi connectivity index (χ4v) is 3.48. The Hall–Kier alpha value is -2.41. The molecule has 7 nitrogen and oxygen atoms in total. The predicted octanol–water partition coefficient (Wildman–Crippen LogP) is 3.27. The van der Waals surface area contributed by atoms with E-state index in [1.807, 2.05) is 12.1 Å². The Bertz CT molecular complexity index is 707. The van der Waals surface area contributed by atoms with Gasteiger partial charge in [0.15, 0.2) is 11.8 Å². The molecule has 152 valence electrons. The van der Waals surface area contributed by atoms with Gasteiger partial charge in [0.25, 0.3) is 0 Å². The fraction of sp³-hybridized carbons (Fsp3) is 0.571. The second kappa shape index (κ2) is 11.4. The normalized spacial score (nSPS) is 16.0. The molecule has 1 aromatic carbocycles. The van der Waals surface area contributed by atoms with Crippen molar-refractivity contribution in [1.82, 2.24) is 25.8 Å². The molecule has 7 heteroatoms. The third-order valence-corrected chi connectivity index (χ3v) is 4.93. The third-order valence-electron chi connectivity index (χ3n) is 4.93. The summed E-state index contributed by atoms with van der Waals surface area (Å²) in [5.74, 6) is 1.59. The molecule has 1 aromatic heterocycles. The summed E-state index contributed by atoms with van der Waals surface area (Å²) in [5, 5.41) is 13.5. The molecule has 0 unspecified atom stereocenters. The van der Waals surface area contributed by atoms with Crippen LogP contribution in [0.4, 0.5) is 0 Å². The van der Waals surface area contributed by atoms with Gasteiger partial charge in [-0.2, -0.15) is 5.10 Å². The van der Waals surface area contributed by atoms with Crippen LogP contribution < -0.4 is 10.6 Å². The van der Waals surface area contributed by atoms with Gasteiger partial charge in [0.1, 0.15) is 6.33 Å². The molecule has 1 fully saturated rings. The molecule has 1 aliphatic rings. The summed E-state index contributed by atoms with van der Waals surface area (Å²) in [5.41, 5.74) is 2.14. The van der Waals surface area contributed by atoms with Crippen molar-refractivity contribution in [3.8, 4) is 11.4 Å². The lowest BCUT2D eigenvalue weighted by Gasteiger charge is -2.16. The van der Waals surface area contributed by atoms with Crippen LogP contribution in [0.5, 0.6) is 0 Å². The number of benzene rings is 1. The molecule has 0 aliphatic heterocycles. The first-order valence-electron chi connectivity index (χ1n) is 10.4. The first kappa shape index (κ1) is 20.3. The molecule has 0 amide bonds. The highest BCUT2D eigenvalue weighted by molar-refractivity contribution is 5.79. The third kappa shape index (κ3) is 6.64.